The van der Waals surface area contributed by atoms with Crippen LogP contribution in [0, 0.1) is 13.7 Å². The molecular weight excluding hydrogens is 345 g/mol. The number of non-ortho nitro benzene ring substituents is 1. The molecule has 92 valence electrons. The average Bonchev–Trinajstić information content (AvgIpc) is 2.37. The Morgan fingerprint density at radius 3 is 2.67 bits per heavy atom. The molecule has 4 nitrogen and oxygen atoms in total. The molecule has 0 spiro atoms. The highest BCUT2D eigenvalue weighted by Gasteiger charge is 2.05. The molecule has 0 aliphatic heterocycles. The molecule has 2 aromatic rings. The second kappa shape index (κ2) is 5.81. The van der Waals surface area contributed by atoms with Gasteiger partial charge in [-0.1, -0.05) is 18.2 Å². The minimum atomic E-state index is -0.408. The van der Waals surface area contributed by atoms with Gasteiger partial charge in [0, 0.05) is 15.7 Å². The van der Waals surface area contributed by atoms with Gasteiger partial charge in [0.05, 0.1) is 4.92 Å². The van der Waals surface area contributed by atoms with E-state index >= 15 is 0 Å². The van der Waals surface area contributed by atoms with Crippen LogP contribution >= 0.6 is 22.6 Å². The van der Waals surface area contributed by atoms with Crippen molar-refractivity contribution in [3.05, 3.63) is 67.8 Å². The molecule has 0 saturated heterocycles. The average molecular weight is 355 g/mol. The van der Waals surface area contributed by atoms with E-state index in [-0.39, 0.29) is 5.69 Å². The summed E-state index contributed by atoms with van der Waals surface area (Å²) in [6, 6.07) is 14.1. The first-order valence-electron chi connectivity index (χ1n) is 5.27. The van der Waals surface area contributed by atoms with Crippen molar-refractivity contribution in [2.24, 2.45) is 0 Å². The van der Waals surface area contributed by atoms with Crippen molar-refractivity contribution in [3.8, 4) is 5.75 Å². The predicted octanol–water partition coefficient (Wildman–Crippen LogP) is 3.78. The second-order valence-electron chi connectivity index (χ2n) is 3.67. The molecule has 2 rings (SSSR count). The van der Waals surface area contributed by atoms with E-state index in [2.05, 4.69) is 22.6 Å². The van der Waals surface area contributed by atoms with Crippen LogP contribution in [-0.2, 0) is 6.61 Å². The maximum absolute atomic E-state index is 10.6. The zero-order valence-corrected chi connectivity index (χ0v) is 11.5. The molecule has 0 aromatic heterocycles. The number of nitrogens with zero attached hydrogens (tertiary/aromatic N) is 1. The van der Waals surface area contributed by atoms with Crippen molar-refractivity contribution >= 4 is 28.3 Å². The Labute approximate surface area is 118 Å². The van der Waals surface area contributed by atoms with Crippen LogP contribution in [-0.4, -0.2) is 4.92 Å². The highest BCUT2D eigenvalue weighted by Crippen LogP contribution is 2.18. The van der Waals surface area contributed by atoms with Crippen molar-refractivity contribution in [2.45, 2.75) is 6.61 Å². The highest BCUT2D eigenvalue weighted by molar-refractivity contribution is 14.1. The SMILES string of the molecule is O=[N+]([O-])c1cccc(COc2cccc(I)c2)c1. The number of ether oxygens (including phenoxy) is 1. The normalized spacial score (nSPS) is 10.1. The van der Waals surface area contributed by atoms with Gasteiger partial charge in [-0.3, -0.25) is 10.1 Å². The summed E-state index contributed by atoms with van der Waals surface area (Å²) in [5.74, 6) is 0.758. The molecule has 0 aliphatic carbocycles. The number of hydrogen-bond donors (Lipinski definition) is 0. The molecule has 5 heteroatoms. The molecule has 0 atom stereocenters. The Bertz CT molecular complexity index is 572. The summed E-state index contributed by atoms with van der Waals surface area (Å²) in [6.45, 7) is 0.321. The third-order valence-corrected chi connectivity index (χ3v) is 2.99. The van der Waals surface area contributed by atoms with Crippen molar-refractivity contribution < 1.29 is 9.66 Å². The van der Waals surface area contributed by atoms with Gasteiger partial charge in [0.25, 0.3) is 5.69 Å². The first-order valence-corrected chi connectivity index (χ1v) is 6.35. The van der Waals surface area contributed by atoms with Gasteiger partial charge in [-0.15, -0.1) is 0 Å². The maximum atomic E-state index is 10.6. The minimum Gasteiger partial charge on any atom is -0.489 e. The summed E-state index contributed by atoms with van der Waals surface area (Å²) >= 11 is 2.20. The van der Waals surface area contributed by atoms with Crippen LogP contribution in [0.25, 0.3) is 0 Å². The van der Waals surface area contributed by atoms with E-state index in [1.54, 1.807) is 12.1 Å². The summed E-state index contributed by atoms with van der Waals surface area (Å²) < 4.78 is 6.67. The van der Waals surface area contributed by atoms with Crippen LogP contribution in [0.5, 0.6) is 5.75 Å². The topological polar surface area (TPSA) is 52.4 Å². The maximum Gasteiger partial charge on any atom is 0.269 e. The van der Waals surface area contributed by atoms with Gasteiger partial charge in [0.15, 0.2) is 0 Å². The molecule has 18 heavy (non-hydrogen) atoms. The molecule has 0 aliphatic rings. The lowest BCUT2D eigenvalue weighted by atomic mass is 10.2. The Morgan fingerprint density at radius 2 is 1.94 bits per heavy atom. The second-order valence-corrected chi connectivity index (χ2v) is 4.92. The van der Waals surface area contributed by atoms with Gasteiger partial charge < -0.3 is 4.74 Å². The Hall–Kier alpha value is -1.63. The molecule has 0 N–H and O–H groups in total. The monoisotopic (exact) mass is 355 g/mol. The minimum absolute atomic E-state index is 0.0822. The zero-order valence-electron chi connectivity index (χ0n) is 9.38. The van der Waals surface area contributed by atoms with E-state index in [0.717, 1.165) is 14.9 Å². The number of benzene rings is 2. The Balaban J connectivity index is 2.06. The third-order valence-electron chi connectivity index (χ3n) is 2.32. The van der Waals surface area contributed by atoms with Crippen LogP contribution in [0.1, 0.15) is 5.56 Å². The van der Waals surface area contributed by atoms with Gasteiger partial charge >= 0.3 is 0 Å². The standard InChI is InChI=1S/C13H10INO3/c14-11-4-2-6-13(8-11)18-9-10-3-1-5-12(7-10)15(16)17/h1-8H,9H2. The van der Waals surface area contributed by atoms with E-state index in [0.29, 0.717) is 6.61 Å². The molecule has 0 amide bonds. The van der Waals surface area contributed by atoms with Crippen LogP contribution in [0.3, 0.4) is 0 Å². The fourth-order valence-electron chi connectivity index (χ4n) is 1.48. The first kappa shape index (κ1) is 12.8. The summed E-state index contributed by atoms with van der Waals surface area (Å²) in [5, 5.41) is 10.6. The lowest BCUT2D eigenvalue weighted by molar-refractivity contribution is -0.384. The van der Waals surface area contributed by atoms with Crippen molar-refractivity contribution in [2.75, 3.05) is 0 Å². The fraction of sp³-hybridized carbons (Fsp3) is 0.0769. The lowest BCUT2D eigenvalue weighted by Crippen LogP contribution is -1.97. The Kier molecular flexibility index (Phi) is 4.14. The van der Waals surface area contributed by atoms with Crippen LogP contribution < -0.4 is 4.74 Å². The predicted molar refractivity (Wildman–Crippen MR) is 76.6 cm³/mol. The summed E-state index contributed by atoms with van der Waals surface area (Å²) in [5.41, 5.74) is 0.863. The molecule has 0 saturated carbocycles. The van der Waals surface area contributed by atoms with E-state index < -0.39 is 4.92 Å². The fourth-order valence-corrected chi connectivity index (χ4v) is 2.00. The van der Waals surface area contributed by atoms with Gasteiger partial charge in [-0.25, -0.2) is 0 Å². The van der Waals surface area contributed by atoms with Crippen molar-refractivity contribution in [1.29, 1.82) is 0 Å². The van der Waals surface area contributed by atoms with Crippen molar-refractivity contribution in [1.82, 2.24) is 0 Å². The number of rotatable bonds is 4. The quantitative estimate of drug-likeness (QED) is 0.477. The zero-order chi connectivity index (χ0) is 13.0. The molecule has 0 radical (unpaired) electrons. The number of nitro benzene ring substituents is 1. The van der Waals surface area contributed by atoms with Gasteiger partial charge in [-0.05, 0) is 46.4 Å². The molecular formula is C13H10INO3. The number of halogens is 1. The molecule has 0 unspecified atom stereocenters. The van der Waals surface area contributed by atoms with Gasteiger partial charge in [0.1, 0.15) is 12.4 Å². The molecule has 0 heterocycles. The highest BCUT2D eigenvalue weighted by atomic mass is 127. The van der Waals surface area contributed by atoms with Crippen LogP contribution in [0.2, 0.25) is 0 Å². The molecule has 2 aromatic carbocycles. The Morgan fingerprint density at radius 1 is 1.17 bits per heavy atom. The van der Waals surface area contributed by atoms with Gasteiger partial charge in [0.2, 0.25) is 0 Å². The summed E-state index contributed by atoms with van der Waals surface area (Å²) in [7, 11) is 0. The third kappa shape index (κ3) is 3.43. The van der Waals surface area contributed by atoms with E-state index in [4.69, 9.17) is 4.74 Å². The van der Waals surface area contributed by atoms with Crippen LogP contribution in [0.15, 0.2) is 48.5 Å². The van der Waals surface area contributed by atoms with Crippen molar-refractivity contribution in [3.63, 3.8) is 0 Å². The summed E-state index contributed by atoms with van der Waals surface area (Å²) in [6.07, 6.45) is 0. The number of nitro groups is 1. The first-order chi connectivity index (χ1) is 8.65. The lowest BCUT2D eigenvalue weighted by Gasteiger charge is -2.06. The van der Waals surface area contributed by atoms with E-state index in [1.165, 1.54) is 12.1 Å². The summed E-state index contributed by atoms with van der Waals surface area (Å²) in [4.78, 5) is 10.2. The molecule has 0 bridgehead atoms. The molecule has 0 fully saturated rings. The van der Waals surface area contributed by atoms with E-state index in [9.17, 15) is 10.1 Å². The van der Waals surface area contributed by atoms with E-state index in [1.807, 2.05) is 24.3 Å². The van der Waals surface area contributed by atoms with Gasteiger partial charge in [-0.2, -0.15) is 0 Å². The van der Waals surface area contributed by atoms with Crippen LogP contribution in [0.4, 0.5) is 5.69 Å². The largest absolute Gasteiger partial charge is 0.489 e. The number of hydrogen-bond acceptors (Lipinski definition) is 3. The smallest absolute Gasteiger partial charge is 0.269 e.